The molecule has 8 nitrogen and oxygen atoms in total. The summed E-state index contributed by atoms with van der Waals surface area (Å²) in [6.45, 7) is 0. The maximum absolute atomic E-state index is 9.98. The van der Waals surface area contributed by atoms with Crippen LogP contribution in [0.25, 0.3) is 0 Å². The van der Waals surface area contributed by atoms with Crippen molar-refractivity contribution in [1.82, 2.24) is 10.7 Å². The van der Waals surface area contributed by atoms with Crippen LogP contribution in [0.5, 0.6) is 0 Å². The molecule has 0 saturated carbocycles. The normalized spacial score (nSPS) is 17.4. The van der Waals surface area contributed by atoms with Crippen LogP contribution in [0.3, 0.4) is 0 Å². The van der Waals surface area contributed by atoms with Gasteiger partial charge in [0.15, 0.2) is 5.03 Å². The monoisotopic (exact) mass is 147 g/mol. The molecule has 1 aliphatic rings. The van der Waals surface area contributed by atoms with Gasteiger partial charge in [-0.3, -0.25) is 0 Å². The number of hydrogen-bond donors (Lipinski definition) is 3. The molecule has 0 fully saturated rings. The maximum atomic E-state index is 9.98. The lowest BCUT2D eigenvalue weighted by Crippen LogP contribution is -2.38. The minimum atomic E-state index is -0.796. The Balaban J connectivity index is 2.77. The van der Waals surface area contributed by atoms with Gasteiger partial charge in [0, 0.05) is 5.12 Å². The van der Waals surface area contributed by atoms with E-state index in [1.165, 1.54) is 0 Å². The summed E-state index contributed by atoms with van der Waals surface area (Å²) in [7, 11) is 0. The zero-order valence-electron chi connectivity index (χ0n) is 4.77. The molecule has 0 aromatic carbocycles. The summed E-state index contributed by atoms with van der Waals surface area (Å²) in [5, 5.41) is 9.55. The molecule has 0 aliphatic carbocycles. The molecule has 0 saturated heterocycles. The van der Waals surface area contributed by atoms with E-state index in [2.05, 4.69) is 4.84 Å². The van der Waals surface area contributed by atoms with Gasteiger partial charge in [0.05, 0.1) is 0 Å². The average Bonchev–Trinajstić information content (AvgIpc) is 2.14. The fourth-order valence-corrected chi connectivity index (χ4v) is 0.420. The van der Waals surface area contributed by atoms with Gasteiger partial charge in [0.25, 0.3) is 11.7 Å². The Kier molecular flexibility index (Phi) is 1.23. The first-order chi connectivity index (χ1) is 4.63. The highest BCUT2D eigenvalue weighted by atomic mass is 16.8. The smallest absolute Gasteiger partial charge is 0.260 e. The van der Waals surface area contributed by atoms with Crippen LogP contribution in [0.1, 0.15) is 0 Å². The molecule has 0 spiro atoms. The van der Waals surface area contributed by atoms with Gasteiger partial charge in [-0.2, -0.15) is 0 Å². The average molecular weight is 147 g/mol. The molecule has 0 aromatic heterocycles. The lowest BCUT2D eigenvalue weighted by Gasteiger charge is -2.01. The fraction of sp³-hybridized carbons (Fsp3) is 0. The van der Waals surface area contributed by atoms with Crippen molar-refractivity contribution in [3.05, 3.63) is 21.8 Å². The van der Waals surface area contributed by atoms with Crippen molar-refractivity contribution < 1.29 is 9.87 Å². The second-order valence-electron chi connectivity index (χ2n) is 1.49. The van der Waals surface area contributed by atoms with Crippen molar-refractivity contribution in [1.29, 1.82) is 0 Å². The SMILES string of the molecule is NC1=C(N)N([N+](=O)[O-])NO1. The van der Waals surface area contributed by atoms with E-state index in [-0.39, 0.29) is 11.7 Å². The predicted octanol–water partition coefficient (Wildman–Crippen LogP) is -2.03. The van der Waals surface area contributed by atoms with Gasteiger partial charge in [-0.25, -0.2) is 10.1 Å². The molecule has 1 rings (SSSR count). The standard InChI is InChI=1S/C2H5N5O3/c3-1-2(4)10-5-6(1)7(8)9/h5H,3-4H2. The zero-order chi connectivity index (χ0) is 7.72. The third kappa shape index (κ3) is 0.756. The van der Waals surface area contributed by atoms with Crippen LogP contribution in [0, 0.1) is 10.1 Å². The predicted molar refractivity (Wildman–Crippen MR) is 28.5 cm³/mol. The second-order valence-corrected chi connectivity index (χ2v) is 1.49. The van der Waals surface area contributed by atoms with E-state index in [1.807, 2.05) is 5.59 Å². The van der Waals surface area contributed by atoms with E-state index in [1.54, 1.807) is 0 Å². The topological polar surface area (TPSA) is 120 Å². The van der Waals surface area contributed by atoms with E-state index >= 15 is 0 Å². The molecule has 10 heavy (non-hydrogen) atoms. The third-order valence-corrected chi connectivity index (χ3v) is 0.886. The Hall–Kier alpha value is -1.70. The van der Waals surface area contributed by atoms with Crippen LogP contribution >= 0.6 is 0 Å². The Labute approximate surface area is 55.1 Å². The molecule has 0 radical (unpaired) electrons. The minimum absolute atomic E-state index is 0.211. The molecular formula is C2H5N5O3. The number of nitrogens with zero attached hydrogens (tertiary/aromatic N) is 2. The summed E-state index contributed by atoms with van der Waals surface area (Å²) in [6.07, 6.45) is 0. The van der Waals surface area contributed by atoms with Crippen molar-refractivity contribution in [3.63, 3.8) is 0 Å². The molecule has 0 unspecified atom stereocenters. The van der Waals surface area contributed by atoms with E-state index in [9.17, 15) is 10.1 Å². The highest BCUT2D eigenvalue weighted by molar-refractivity contribution is 4.98. The molecule has 1 aliphatic heterocycles. The zero-order valence-corrected chi connectivity index (χ0v) is 4.77. The molecule has 0 bridgehead atoms. The van der Waals surface area contributed by atoms with Crippen molar-refractivity contribution in [2.45, 2.75) is 0 Å². The number of hydrazine groups is 2. The number of nitrogens with one attached hydrogen (secondary N) is 1. The highest BCUT2D eigenvalue weighted by Crippen LogP contribution is 2.04. The van der Waals surface area contributed by atoms with Crippen molar-refractivity contribution in [3.8, 4) is 0 Å². The third-order valence-electron chi connectivity index (χ3n) is 0.886. The summed E-state index contributed by atoms with van der Waals surface area (Å²) in [6, 6.07) is 0. The number of hydrogen-bond acceptors (Lipinski definition) is 6. The van der Waals surface area contributed by atoms with Crippen LogP contribution in [0.4, 0.5) is 0 Å². The Morgan fingerprint density at radius 2 is 2.30 bits per heavy atom. The molecule has 8 heteroatoms. The van der Waals surface area contributed by atoms with Crippen molar-refractivity contribution in [2.75, 3.05) is 0 Å². The van der Waals surface area contributed by atoms with Gasteiger partial charge >= 0.3 is 0 Å². The van der Waals surface area contributed by atoms with Gasteiger partial charge in [0.2, 0.25) is 0 Å². The lowest BCUT2D eigenvalue weighted by atomic mass is 10.7. The molecule has 0 aromatic rings. The van der Waals surface area contributed by atoms with Gasteiger partial charge in [-0.1, -0.05) is 0 Å². The minimum Gasteiger partial charge on any atom is -0.375 e. The van der Waals surface area contributed by atoms with Gasteiger partial charge < -0.3 is 16.3 Å². The van der Waals surface area contributed by atoms with Crippen LogP contribution < -0.4 is 17.1 Å². The number of nitro groups is 1. The molecule has 56 valence electrons. The summed E-state index contributed by atoms with van der Waals surface area (Å²) < 4.78 is 0. The van der Waals surface area contributed by atoms with Gasteiger partial charge in [-0.05, 0) is 5.59 Å². The van der Waals surface area contributed by atoms with Crippen LogP contribution in [-0.4, -0.2) is 10.2 Å². The summed E-state index contributed by atoms with van der Waals surface area (Å²) >= 11 is 0. The first-order valence-electron chi connectivity index (χ1n) is 2.25. The van der Waals surface area contributed by atoms with E-state index in [0.717, 1.165) is 0 Å². The molecular weight excluding hydrogens is 142 g/mol. The molecule has 1 heterocycles. The largest absolute Gasteiger partial charge is 0.375 e. The lowest BCUT2D eigenvalue weighted by molar-refractivity contribution is -0.666. The van der Waals surface area contributed by atoms with Crippen LogP contribution in [-0.2, 0) is 4.84 Å². The number of rotatable bonds is 1. The quantitative estimate of drug-likeness (QED) is 0.289. The number of nitrogens with two attached hydrogens (primary N) is 2. The second kappa shape index (κ2) is 1.92. The highest BCUT2D eigenvalue weighted by Gasteiger charge is 2.28. The van der Waals surface area contributed by atoms with Gasteiger partial charge in [-0.15, -0.1) is 0 Å². The summed E-state index contributed by atoms with van der Waals surface area (Å²) in [5.74, 6) is -0.471. The molecule has 0 amide bonds. The summed E-state index contributed by atoms with van der Waals surface area (Å²) in [4.78, 5) is 14.3. The summed E-state index contributed by atoms with van der Waals surface area (Å²) in [5.41, 5.74) is 12.0. The first kappa shape index (κ1) is 6.42. The molecule has 5 N–H and O–H groups in total. The van der Waals surface area contributed by atoms with Crippen LogP contribution in [0.15, 0.2) is 11.7 Å². The van der Waals surface area contributed by atoms with E-state index in [4.69, 9.17) is 11.5 Å². The first-order valence-corrected chi connectivity index (χ1v) is 2.25. The van der Waals surface area contributed by atoms with E-state index in [0.29, 0.717) is 5.12 Å². The van der Waals surface area contributed by atoms with Gasteiger partial charge in [0.1, 0.15) is 0 Å². The Morgan fingerprint density at radius 1 is 1.70 bits per heavy atom. The maximum Gasteiger partial charge on any atom is 0.260 e. The fourth-order valence-electron chi connectivity index (χ4n) is 0.420. The molecule has 0 atom stereocenters. The van der Waals surface area contributed by atoms with Crippen molar-refractivity contribution >= 4 is 0 Å². The Morgan fingerprint density at radius 3 is 2.50 bits per heavy atom. The van der Waals surface area contributed by atoms with E-state index < -0.39 is 5.03 Å². The van der Waals surface area contributed by atoms with Crippen molar-refractivity contribution in [2.24, 2.45) is 11.5 Å². The van der Waals surface area contributed by atoms with Crippen LogP contribution in [0.2, 0.25) is 0 Å². The Bertz CT molecular complexity index is 199.